The van der Waals surface area contributed by atoms with Gasteiger partial charge in [-0.15, -0.1) is 0 Å². The highest BCUT2D eigenvalue weighted by atomic mass is 35.5. The summed E-state index contributed by atoms with van der Waals surface area (Å²) < 4.78 is 0. The number of hydrogen-bond acceptors (Lipinski definition) is 3. The van der Waals surface area contributed by atoms with Gasteiger partial charge in [0.2, 0.25) is 0 Å². The molecular weight excluding hydrogens is 268 g/mol. The van der Waals surface area contributed by atoms with E-state index in [1.54, 1.807) is 12.1 Å². The zero-order valence-corrected chi connectivity index (χ0v) is 11.6. The molecule has 0 fully saturated rings. The summed E-state index contributed by atoms with van der Waals surface area (Å²) in [5.74, 6) is -1.67. The van der Waals surface area contributed by atoms with Crippen LogP contribution >= 0.6 is 11.6 Å². The molecule has 0 radical (unpaired) electrons. The monoisotopic (exact) mass is 284 g/mol. The molecule has 0 spiro atoms. The van der Waals surface area contributed by atoms with Crippen LogP contribution in [-0.2, 0) is 4.79 Å². The van der Waals surface area contributed by atoms with Crippen LogP contribution in [0.4, 0.5) is 0 Å². The van der Waals surface area contributed by atoms with E-state index in [0.29, 0.717) is 6.42 Å². The van der Waals surface area contributed by atoms with Gasteiger partial charge in [-0.2, -0.15) is 0 Å². The Morgan fingerprint density at radius 3 is 2.68 bits per heavy atom. The second kappa shape index (κ2) is 7.09. The van der Waals surface area contributed by atoms with Crippen molar-refractivity contribution in [2.24, 2.45) is 11.8 Å². The number of halogens is 1. The van der Waals surface area contributed by atoms with Crippen molar-refractivity contribution in [3.8, 4) is 0 Å². The third kappa shape index (κ3) is 4.87. The molecule has 0 aromatic carbocycles. The molecule has 104 valence electrons. The van der Waals surface area contributed by atoms with Gasteiger partial charge in [-0.3, -0.25) is 9.59 Å². The molecule has 1 rings (SSSR count). The van der Waals surface area contributed by atoms with Crippen LogP contribution in [0.1, 0.15) is 30.6 Å². The Hall–Kier alpha value is -1.62. The molecule has 0 aliphatic rings. The highest BCUT2D eigenvalue weighted by Crippen LogP contribution is 2.13. The van der Waals surface area contributed by atoms with Gasteiger partial charge in [0.25, 0.3) is 5.91 Å². The fourth-order valence-electron chi connectivity index (χ4n) is 1.71. The molecule has 0 saturated carbocycles. The summed E-state index contributed by atoms with van der Waals surface area (Å²) in [6.07, 6.45) is 1.99. The maximum Gasteiger partial charge on any atom is 0.308 e. The highest BCUT2D eigenvalue weighted by Gasteiger charge is 2.20. The topological polar surface area (TPSA) is 79.3 Å². The van der Waals surface area contributed by atoms with Crippen molar-refractivity contribution in [3.63, 3.8) is 0 Å². The van der Waals surface area contributed by atoms with Gasteiger partial charge in [-0.05, 0) is 24.5 Å². The number of rotatable bonds is 6. The SMILES string of the molecule is CC(C)CC(CNC(=O)c1cccnc1Cl)C(=O)O. The van der Waals surface area contributed by atoms with Gasteiger partial charge >= 0.3 is 5.97 Å². The Balaban J connectivity index is 2.62. The van der Waals surface area contributed by atoms with E-state index in [9.17, 15) is 9.59 Å². The Morgan fingerprint density at radius 2 is 2.16 bits per heavy atom. The second-order valence-electron chi connectivity index (χ2n) is 4.72. The lowest BCUT2D eigenvalue weighted by Crippen LogP contribution is -2.33. The number of aliphatic carboxylic acids is 1. The Labute approximate surface area is 117 Å². The molecule has 19 heavy (non-hydrogen) atoms. The summed E-state index contributed by atoms with van der Waals surface area (Å²) in [7, 11) is 0. The minimum atomic E-state index is -0.911. The van der Waals surface area contributed by atoms with Gasteiger partial charge in [0.15, 0.2) is 0 Å². The van der Waals surface area contributed by atoms with E-state index in [4.69, 9.17) is 16.7 Å². The van der Waals surface area contributed by atoms with Crippen LogP contribution in [0.15, 0.2) is 18.3 Å². The molecule has 1 amide bonds. The number of carbonyl (C=O) groups is 2. The van der Waals surface area contributed by atoms with E-state index in [2.05, 4.69) is 10.3 Å². The van der Waals surface area contributed by atoms with Crippen molar-refractivity contribution < 1.29 is 14.7 Å². The second-order valence-corrected chi connectivity index (χ2v) is 5.07. The van der Waals surface area contributed by atoms with Crippen molar-refractivity contribution in [3.05, 3.63) is 29.0 Å². The fourth-order valence-corrected chi connectivity index (χ4v) is 1.91. The summed E-state index contributed by atoms with van der Waals surface area (Å²) in [6, 6.07) is 3.15. The largest absolute Gasteiger partial charge is 0.481 e. The van der Waals surface area contributed by atoms with Gasteiger partial charge in [-0.25, -0.2) is 4.98 Å². The maximum absolute atomic E-state index is 11.8. The minimum absolute atomic E-state index is 0.0809. The van der Waals surface area contributed by atoms with Crippen molar-refractivity contribution in [2.75, 3.05) is 6.54 Å². The number of carbonyl (C=O) groups excluding carboxylic acids is 1. The molecular formula is C13H17ClN2O3. The average molecular weight is 285 g/mol. The smallest absolute Gasteiger partial charge is 0.308 e. The number of pyridine rings is 1. The Kier molecular flexibility index (Phi) is 5.76. The van der Waals surface area contributed by atoms with E-state index in [1.165, 1.54) is 6.20 Å². The van der Waals surface area contributed by atoms with E-state index in [-0.39, 0.29) is 23.2 Å². The van der Waals surface area contributed by atoms with Gasteiger partial charge in [0.05, 0.1) is 11.5 Å². The lowest BCUT2D eigenvalue weighted by atomic mass is 9.97. The number of aromatic nitrogens is 1. The summed E-state index contributed by atoms with van der Waals surface area (Å²) in [6.45, 7) is 3.96. The third-order valence-corrected chi connectivity index (χ3v) is 2.92. The van der Waals surface area contributed by atoms with Crippen LogP contribution in [0.2, 0.25) is 5.15 Å². The lowest BCUT2D eigenvalue weighted by molar-refractivity contribution is -0.142. The zero-order chi connectivity index (χ0) is 14.4. The molecule has 0 bridgehead atoms. The van der Waals surface area contributed by atoms with E-state index >= 15 is 0 Å². The summed E-state index contributed by atoms with van der Waals surface area (Å²) in [5, 5.41) is 11.8. The van der Waals surface area contributed by atoms with Crippen molar-refractivity contribution >= 4 is 23.5 Å². The summed E-state index contributed by atoms with van der Waals surface area (Å²) >= 11 is 5.79. The zero-order valence-electron chi connectivity index (χ0n) is 10.9. The van der Waals surface area contributed by atoms with E-state index in [0.717, 1.165) is 0 Å². The average Bonchev–Trinajstić information content (AvgIpc) is 2.34. The maximum atomic E-state index is 11.8. The molecule has 5 nitrogen and oxygen atoms in total. The number of amides is 1. The number of carboxylic acid groups (broad SMARTS) is 1. The molecule has 6 heteroatoms. The molecule has 1 atom stereocenters. The van der Waals surface area contributed by atoms with Crippen molar-refractivity contribution in [1.29, 1.82) is 0 Å². The first-order valence-electron chi connectivity index (χ1n) is 6.03. The number of hydrogen-bond donors (Lipinski definition) is 2. The molecule has 0 aliphatic carbocycles. The summed E-state index contributed by atoms with van der Waals surface area (Å²) in [5.41, 5.74) is 0.248. The van der Waals surface area contributed by atoms with Crippen LogP contribution in [0.3, 0.4) is 0 Å². The van der Waals surface area contributed by atoms with E-state index in [1.807, 2.05) is 13.8 Å². The van der Waals surface area contributed by atoms with Gasteiger partial charge in [0, 0.05) is 12.7 Å². The van der Waals surface area contributed by atoms with Gasteiger partial charge < -0.3 is 10.4 Å². The van der Waals surface area contributed by atoms with Gasteiger partial charge in [-0.1, -0.05) is 25.4 Å². The minimum Gasteiger partial charge on any atom is -0.481 e. The quantitative estimate of drug-likeness (QED) is 0.785. The normalized spacial score (nSPS) is 12.2. The van der Waals surface area contributed by atoms with Crippen molar-refractivity contribution in [1.82, 2.24) is 10.3 Å². The first-order chi connectivity index (χ1) is 8.91. The predicted molar refractivity (Wildman–Crippen MR) is 72.2 cm³/mol. The van der Waals surface area contributed by atoms with Crippen LogP contribution in [-0.4, -0.2) is 28.5 Å². The van der Waals surface area contributed by atoms with Crippen LogP contribution in [0.5, 0.6) is 0 Å². The standard InChI is InChI=1S/C13H17ClN2O3/c1-8(2)6-9(13(18)19)7-16-12(17)10-4-3-5-15-11(10)14/h3-5,8-9H,6-7H2,1-2H3,(H,16,17)(H,18,19). The van der Waals surface area contributed by atoms with Crippen LogP contribution < -0.4 is 5.32 Å². The predicted octanol–water partition coefficient (Wildman–Crippen LogP) is 2.21. The Bertz CT molecular complexity index is 463. The van der Waals surface area contributed by atoms with E-state index < -0.39 is 17.8 Å². The number of nitrogens with zero attached hydrogens (tertiary/aromatic N) is 1. The molecule has 1 unspecified atom stereocenters. The fraction of sp³-hybridized carbons (Fsp3) is 0.462. The third-order valence-electron chi connectivity index (χ3n) is 2.62. The van der Waals surface area contributed by atoms with Crippen LogP contribution in [0, 0.1) is 11.8 Å². The first-order valence-corrected chi connectivity index (χ1v) is 6.41. The molecule has 1 aromatic heterocycles. The molecule has 1 aromatic rings. The number of nitrogens with one attached hydrogen (secondary N) is 1. The molecule has 0 aliphatic heterocycles. The van der Waals surface area contributed by atoms with Gasteiger partial charge in [0.1, 0.15) is 5.15 Å². The molecule has 2 N–H and O–H groups in total. The first kappa shape index (κ1) is 15.4. The van der Waals surface area contributed by atoms with Crippen molar-refractivity contribution in [2.45, 2.75) is 20.3 Å². The molecule has 0 saturated heterocycles. The summed E-state index contributed by atoms with van der Waals surface area (Å²) in [4.78, 5) is 26.7. The molecule has 1 heterocycles. The lowest BCUT2D eigenvalue weighted by Gasteiger charge is -2.15. The number of carboxylic acids is 1. The Morgan fingerprint density at radius 1 is 1.47 bits per heavy atom. The van der Waals surface area contributed by atoms with Crippen LogP contribution in [0.25, 0.3) is 0 Å². The highest BCUT2D eigenvalue weighted by molar-refractivity contribution is 6.32.